The highest BCUT2D eigenvalue weighted by Gasteiger charge is 2.23. The van der Waals surface area contributed by atoms with Gasteiger partial charge in [-0.15, -0.1) is 0 Å². The highest BCUT2D eigenvalue weighted by atomic mass is 16.5. The number of nitrogens with zero attached hydrogens (tertiary/aromatic N) is 2. The normalized spacial score (nSPS) is 11.7. The standard InChI is InChI=1S/C25H23N3O3/c1-17-11-13-19(14-12-17)24(29)26-22(15-18-7-4-3-5-8-18)25-27-23(28-31-25)20-9-6-10-21(16-20)30-2/h3-14,16,22H,15H2,1-2H3,(H,26,29)/t22-/m1/s1. The zero-order valence-electron chi connectivity index (χ0n) is 17.4. The van der Waals surface area contributed by atoms with Crippen molar-refractivity contribution in [3.63, 3.8) is 0 Å². The molecule has 0 aliphatic rings. The minimum absolute atomic E-state index is 0.193. The molecule has 0 fully saturated rings. The Kier molecular flexibility index (Phi) is 6.08. The first kappa shape index (κ1) is 20.3. The van der Waals surface area contributed by atoms with Crippen LogP contribution in [0, 0.1) is 6.92 Å². The number of rotatable bonds is 7. The van der Waals surface area contributed by atoms with E-state index < -0.39 is 6.04 Å². The number of benzene rings is 3. The van der Waals surface area contributed by atoms with Crippen LogP contribution < -0.4 is 10.1 Å². The number of carbonyl (C=O) groups excluding carboxylic acids is 1. The Hall–Kier alpha value is -3.93. The quantitative estimate of drug-likeness (QED) is 0.472. The molecule has 0 bridgehead atoms. The maximum absolute atomic E-state index is 12.9. The van der Waals surface area contributed by atoms with Gasteiger partial charge in [0.05, 0.1) is 7.11 Å². The number of aromatic nitrogens is 2. The molecular weight excluding hydrogens is 390 g/mol. The van der Waals surface area contributed by atoms with Gasteiger partial charge in [-0.25, -0.2) is 0 Å². The maximum atomic E-state index is 12.9. The Morgan fingerprint density at radius 1 is 1.03 bits per heavy atom. The summed E-state index contributed by atoms with van der Waals surface area (Å²) in [5.41, 5.74) is 3.50. The second-order valence-electron chi connectivity index (χ2n) is 7.27. The fraction of sp³-hybridized carbons (Fsp3) is 0.160. The molecule has 1 heterocycles. The molecule has 0 spiro atoms. The minimum Gasteiger partial charge on any atom is -0.497 e. The third kappa shape index (κ3) is 4.98. The van der Waals surface area contributed by atoms with Gasteiger partial charge < -0.3 is 14.6 Å². The van der Waals surface area contributed by atoms with E-state index in [9.17, 15) is 4.79 Å². The number of ether oxygens (including phenoxy) is 1. The number of amides is 1. The van der Waals surface area contributed by atoms with Crippen LogP contribution in [-0.2, 0) is 6.42 Å². The largest absolute Gasteiger partial charge is 0.497 e. The lowest BCUT2D eigenvalue weighted by molar-refractivity contribution is 0.0928. The van der Waals surface area contributed by atoms with Gasteiger partial charge >= 0.3 is 0 Å². The molecule has 1 aromatic heterocycles. The van der Waals surface area contributed by atoms with Gasteiger partial charge in [-0.3, -0.25) is 4.79 Å². The van der Waals surface area contributed by atoms with E-state index in [1.807, 2.05) is 73.7 Å². The van der Waals surface area contributed by atoms with Crippen molar-refractivity contribution >= 4 is 5.91 Å². The SMILES string of the molecule is COc1cccc(-c2noc([C@@H](Cc3ccccc3)NC(=O)c3ccc(C)cc3)n2)c1. The first-order valence-corrected chi connectivity index (χ1v) is 10.0. The molecule has 31 heavy (non-hydrogen) atoms. The van der Waals surface area contributed by atoms with Crippen molar-refractivity contribution in [1.29, 1.82) is 0 Å². The summed E-state index contributed by atoms with van der Waals surface area (Å²) in [7, 11) is 1.61. The fourth-order valence-corrected chi connectivity index (χ4v) is 3.25. The molecule has 1 atom stereocenters. The molecule has 0 radical (unpaired) electrons. The van der Waals surface area contributed by atoms with E-state index in [2.05, 4.69) is 15.5 Å². The molecule has 0 aliphatic heterocycles. The van der Waals surface area contributed by atoms with E-state index in [1.54, 1.807) is 19.2 Å². The van der Waals surface area contributed by atoms with Crippen LogP contribution in [0.3, 0.4) is 0 Å². The molecule has 1 amide bonds. The van der Waals surface area contributed by atoms with Gasteiger partial charge in [0.2, 0.25) is 11.7 Å². The summed E-state index contributed by atoms with van der Waals surface area (Å²) in [5, 5.41) is 7.17. The van der Waals surface area contributed by atoms with Crippen molar-refractivity contribution in [3.8, 4) is 17.1 Å². The molecule has 0 unspecified atom stereocenters. The molecule has 6 heteroatoms. The van der Waals surface area contributed by atoms with Crippen LogP contribution in [0.4, 0.5) is 0 Å². The number of methoxy groups -OCH3 is 1. The van der Waals surface area contributed by atoms with Crippen molar-refractivity contribution in [1.82, 2.24) is 15.5 Å². The van der Waals surface area contributed by atoms with E-state index in [0.29, 0.717) is 29.4 Å². The van der Waals surface area contributed by atoms with E-state index in [0.717, 1.165) is 16.7 Å². The molecule has 4 rings (SSSR count). The molecule has 1 N–H and O–H groups in total. The Morgan fingerprint density at radius 2 is 1.81 bits per heavy atom. The summed E-state index contributed by atoms with van der Waals surface area (Å²) >= 11 is 0. The topological polar surface area (TPSA) is 77.3 Å². The number of nitrogens with one attached hydrogen (secondary N) is 1. The number of carbonyl (C=O) groups is 1. The third-order valence-electron chi connectivity index (χ3n) is 4.97. The molecule has 4 aromatic rings. The van der Waals surface area contributed by atoms with Crippen LogP contribution in [0.5, 0.6) is 5.75 Å². The predicted octanol–water partition coefficient (Wildman–Crippen LogP) is 4.77. The highest BCUT2D eigenvalue weighted by molar-refractivity contribution is 5.94. The summed E-state index contributed by atoms with van der Waals surface area (Å²) in [4.78, 5) is 17.4. The molecule has 156 valence electrons. The molecule has 3 aromatic carbocycles. The lowest BCUT2D eigenvalue weighted by atomic mass is 10.0. The lowest BCUT2D eigenvalue weighted by Gasteiger charge is -2.15. The number of hydrogen-bond donors (Lipinski definition) is 1. The highest BCUT2D eigenvalue weighted by Crippen LogP contribution is 2.24. The first-order chi connectivity index (χ1) is 15.1. The molecule has 0 aliphatic carbocycles. The summed E-state index contributed by atoms with van der Waals surface area (Å²) in [6.07, 6.45) is 0.526. The van der Waals surface area contributed by atoms with Gasteiger partial charge in [-0.05, 0) is 36.8 Å². The van der Waals surface area contributed by atoms with E-state index in [1.165, 1.54) is 0 Å². The fourth-order valence-electron chi connectivity index (χ4n) is 3.25. The van der Waals surface area contributed by atoms with Crippen molar-refractivity contribution < 1.29 is 14.1 Å². The second kappa shape index (κ2) is 9.26. The average Bonchev–Trinajstić information content (AvgIpc) is 3.30. The Morgan fingerprint density at radius 3 is 2.55 bits per heavy atom. The summed E-state index contributed by atoms with van der Waals surface area (Å²) < 4.78 is 10.8. The zero-order valence-corrected chi connectivity index (χ0v) is 17.4. The van der Waals surface area contributed by atoms with E-state index in [-0.39, 0.29) is 5.91 Å². The van der Waals surface area contributed by atoms with Gasteiger partial charge in [0.1, 0.15) is 11.8 Å². The van der Waals surface area contributed by atoms with Crippen molar-refractivity contribution in [2.75, 3.05) is 7.11 Å². The van der Waals surface area contributed by atoms with Crippen LogP contribution in [-0.4, -0.2) is 23.2 Å². The van der Waals surface area contributed by atoms with Crippen LogP contribution in [0.2, 0.25) is 0 Å². The van der Waals surface area contributed by atoms with Gasteiger partial charge in [0.15, 0.2) is 0 Å². The monoisotopic (exact) mass is 413 g/mol. The Balaban J connectivity index is 1.61. The minimum atomic E-state index is -0.469. The van der Waals surface area contributed by atoms with Crippen LogP contribution in [0.25, 0.3) is 11.4 Å². The van der Waals surface area contributed by atoms with E-state index in [4.69, 9.17) is 9.26 Å². The summed E-state index contributed by atoms with van der Waals surface area (Å²) in [6, 6.07) is 24.3. The predicted molar refractivity (Wildman–Crippen MR) is 118 cm³/mol. The van der Waals surface area contributed by atoms with Crippen LogP contribution >= 0.6 is 0 Å². The maximum Gasteiger partial charge on any atom is 0.251 e. The van der Waals surface area contributed by atoms with Crippen molar-refractivity contribution in [2.45, 2.75) is 19.4 Å². The van der Waals surface area contributed by atoms with Crippen LogP contribution in [0.1, 0.15) is 33.4 Å². The Bertz CT molecular complexity index is 1150. The van der Waals surface area contributed by atoms with Crippen molar-refractivity contribution in [3.05, 3.63) is 101 Å². The van der Waals surface area contributed by atoms with Gasteiger partial charge in [-0.2, -0.15) is 4.98 Å². The van der Waals surface area contributed by atoms with Gasteiger partial charge in [0, 0.05) is 17.5 Å². The third-order valence-corrected chi connectivity index (χ3v) is 4.97. The number of hydrogen-bond acceptors (Lipinski definition) is 5. The lowest BCUT2D eigenvalue weighted by Crippen LogP contribution is -2.30. The van der Waals surface area contributed by atoms with Gasteiger partial charge in [-0.1, -0.05) is 65.3 Å². The second-order valence-corrected chi connectivity index (χ2v) is 7.27. The molecule has 0 saturated carbocycles. The Labute approximate surface area is 180 Å². The van der Waals surface area contributed by atoms with Gasteiger partial charge in [0.25, 0.3) is 5.91 Å². The molecule has 6 nitrogen and oxygen atoms in total. The van der Waals surface area contributed by atoms with E-state index >= 15 is 0 Å². The summed E-state index contributed by atoms with van der Waals surface area (Å²) in [6.45, 7) is 1.98. The smallest absolute Gasteiger partial charge is 0.251 e. The van der Waals surface area contributed by atoms with Crippen molar-refractivity contribution in [2.24, 2.45) is 0 Å². The summed E-state index contributed by atoms with van der Waals surface area (Å²) in [5.74, 6) is 1.30. The zero-order chi connectivity index (χ0) is 21.6. The molecular formula is C25H23N3O3. The number of aryl methyl sites for hydroxylation is 1. The average molecular weight is 413 g/mol. The first-order valence-electron chi connectivity index (χ1n) is 10.0. The van der Waals surface area contributed by atoms with Crippen LogP contribution in [0.15, 0.2) is 83.4 Å². The molecule has 0 saturated heterocycles.